The molecule has 0 N–H and O–H groups in total. The van der Waals surface area contributed by atoms with Crippen LogP contribution in [0.1, 0.15) is 26.3 Å². The van der Waals surface area contributed by atoms with Gasteiger partial charge in [0, 0.05) is 6.26 Å². The molecule has 0 spiro atoms. The van der Waals surface area contributed by atoms with Gasteiger partial charge in [0.2, 0.25) is 6.08 Å². The van der Waals surface area contributed by atoms with Crippen LogP contribution in [0.5, 0.6) is 0 Å². The van der Waals surface area contributed by atoms with Crippen molar-refractivity contribution in [1.29, 1.82) is 0 Å². The van der Waals surface area contributed by atoms with Gasteiger partial charge in [-0.1, -0.05) is 20.8 Å². The minimum atomic E-state index is -3.32. The fourth-order valence-corrected chi connectivity index (χ4v) is 2.02. The van der Waals surface area contributed by atoms with E-state index in [-0.39, 0.29) is 10.3 Å². The number of isocyanates is 1. The molecule has 0 saturated carbocycles. The number of hydrogen-bond acceptors (Lipinski definition) is 4. The highest BCUT2D eigenvalue weighted by Crippen LogP contribution is 2.29. The lowest BCUT2D eigenvalue weighted by Crippen LogP contribution is -2.12. The van der Waals surface area contributed by atoms with Crippen LogP contribution in [-0.2, 0) is 20.0 Å². The first-order chi connectivity index (χ1) is 7.64. The van der Waals surface area contributed by atoms with Gasteiger partial charge < -0.3 is 0 Å². The quantitative estimate of drug-likeness (QED) is 0.600. The average molecular weight is 253 g/mol. The van der Waals surface area contributed by atoms with Crippen molar-refractivity contribution in [2.45, 2.75) is 31.1 Å². The van der Waals surface area contributed by atoms with Gasteiger partial charge in [0.25, 0.3) is 0 Å². The molecule has 0 heterocycles. The van der Waals surface area contributed by atoms with Gasteiger partial charge in [-0.2, -0.15) is 4.99 Å². The number of aliphatic imine (C=N–C) groups is 1. The second-order valence-electron chi connectivity index (χ2n) is 4.94. The third kappa shape index (κ3) is 3.51. The minimum absolute atomic E-state index is 0.166. The Morgan fingerprint density at radius 1 is 1.18 bits per heavy atom. The van der Waals surface area contributed by atoms with E-state index in [1.54, 1.807) is 12.1 Å². The molecule has 0 fully saturated rings. The van der Waals surface area contributed by atoms with E-state index in [2.05, 4.69) is 4.99 Å². The zero-order chi connectivity index (χ0) is 13.3. The molecule has 0 atom stereocenters. The van der Waals surface area contributed by atoms with Crippen LogP contribution in [0.2, 0.25) is 0 Å². The van der Waals surface area contributed by atoms with Crippen LogP contribution in [0.15, 0.2) is 28.1 Å². The lowest BCUT2D eigenvalue weighted by Gasteiger charge is -2.20. The van der Waals surface area contributed by atoms with E-state index in [1.807, 2.05) is 20.8 Å². The van der Waals surface area contributed by atoms with Crippen LogP contribution in [0, 0.1) is 0 Å². The van der Waals surface area contributed by atoms with E-state index in [4.69, 9.17) is 0 Å². The SMILES string of the molecule is CC(C)(C)c1cc(N=C=O)cc(S(C)(=O)=O)c1. The van der Waals surface area contributed by atoms with Gasteiger partial charge in [-0.3, -0.25) is 0 Å². The summed E-state index contributed by atoms with van der Waals surface area (Å²) in [7, 11) is -3.32. The summed E-state index contributed by atoms with van der Waals surface area (Å²) >= 11 is 0. The molecule has 0 aliphatic heterocycles. The number of benzene rings is 1. The maximum Gasteiger partial charge on any atom is 0.240 e. The van der Waals surface area contributed by atoms with Crippen molar-refractivity contribution < 1.29 is 13.2 Å². The highest BCUT2D eigenvalue weighted by atomic mass is 32.2. The van der Waals surface area contributed by atoms with E-state index in [1.165, 1.54) is 12.1 Å². The summed E-state index contributed by atoms with van der Waals surface area (Å²) in [6.45, 7) is 5.88. The van der Waals surface area contributed by atoms with Crippen LogP contribution in [0.4, 0.5) is 5.69 Å². The van der Waals surface area contributed by atoms with Crippen molar-refractivity contribution in [3.63, 3.8) is 0 Å². The van der Waals surface area contributed by atoms with E-state index in [0.29, 0.717) is 5.69 Å². The first-order valence-electron chi connectivity index (χ1n) is 5.08. The summed E-state index contributed by atoms with van der Waals surface area (Å²) in [5.41, 5.74) is 0.913. The van der Waals surface area contributed by atoms with E-state index in [0.717, 1.165) is 11.8 Å². The summed E-state index contributed by atoms with van der Waals surface area (Å²) in [5.74, 6) is 0. The lowest BCUT2D eigenvalue weighted by molar-refractivity contribution is 0.565. The molecular formula is C12H15NO3S. The molecule has 0 bridgehead atoms. The predicted molar refractivity (Wildman–Crippen MR) is 66.0 cm³/mol. The minimum Gasteiger partial charge on any atom is -0.224 e. The van der Waals surface area contributed by atoms with Gasteiger partial charge in [0.1, 0.15) is 0 Å². The second kappa shape index (κ2) is 4.43. The molecule has 1 aromatic rings. The molecule has 0 saturated heterocycles. The Kier molecular flexibility index (Phi) is 3.55. The van der Waals surface area contributed by atoms with E-state index >= 15 is 0 Å². The number of rotatable bonds is 2. The van der Waals surface area contributed by atoms with Crippen molar-refractivity contribution in [2.75, 3.05) is 6.26 Å². The van der Waals surface area contributed by atoms with Crippen molar-refractivity contribution in [2.24, 2.45) is 4.99 Å². The topological polar surface area (TPSA) is 63.6 Å². The first-order valence-corrected chi connectivity index (χ1v) is 6.97. The maximum atomic E-state index is 11.5. The zero-order valence-corrected chi connectivity index (χ0v) is 11.1. The number of nitrogens with zero attached hydrogens (tertiary/aromatic N) is 1. The summed E-state index contributed by atoms with van der Waals surface area (Å²) in [6.07, 6.45) is 2.55. The highest BCUT2D eigenvalue weighted by molar-refractivity contribution is 7.90. The molecule has 17 heavy (non-hydrogen) atoms. The average Bonchev–Trinajstić information content (AvgIpc) is 2.15. The van der Waals surface area contributed by atoms with Gasteiger partial charge in [-0.15, -0.1) is 0 Å². The van der Waals surface area contributed by atoms with Gasteiger partial charge in [-0.25, -0.2) is 13.2 Å². The molecule has 1 rings (SSSR count). The number of sulfone groups is 1. The van der Waals surface area contributed by atoms with Crippen LogP contribution in [0.25, 0.3) is 0 Å². The first kappa shape index (κ1) is 13.6. The van der Waals surface area contributed by atoms with Crippen LogP contribution in [-0.4, -0.2) is 20.8 Å². The van der Waals surface area contributed by atoms with Crippen LogP contribution >= 0.6 is 0 Å². The molecule has 5 heteroatoms. The largest absolute Gasteiger partial charge is 0.240 e. The number of carbonyl (C=O) groups excluding carboxylic acids is 1. The Morgan fingerprint density at radius 2 is 1.76 bits per heavy atom. The fraction of sp³-hybridized carbons (Fsp3) is 0.417. The molecule has 0 aliphatic rings. The van der Waals surface area contributed by atoms with Crippen molar-refractivity contribution in [3.8, 4) is 0 Å². The molecule has 0 amide bonds. The molecule has 0 radical (unpaired) electrons. The summed E-state index contributed by atoms with van der Waals surface area (Å²) < 4.78 is 23.1. The molecule has 1 aromatic carbocycles. The Balaban J connectivity index is 3.56. The smallest absolute Gasteiger partial charge is 0.224 e. The Labute approximate surface area is 101 Å². The van der Waals surface area contributed by atoms with Crippen molar-refractivity contribution >= 4 is 21.6 Å². The Hall–Kier alpha value is -1.45. The van der Waals surface area contributed by atoms with Gasteiger partial charge in [-0.05, 0) is 29.2 Å². The molecular weight excluding hydrogens is 238 g/mol. The van der Waals surface area contributed by atoms with Crippen LogP contribution < -0.4 is 0 Å². The fourth-order valence-electron chi connectivity index (χ4n) is 1.35. The third-order valence-electron chi connectivity index (χ3n) is 2.36. The molecule has 0 aliphatic carbocycles. The second-order valence-corrected chi connectivity index (χ2v) is 6.96. The summed E-state index contributed by atoms with van der Waals surface area (Å²) in [5, 5.41) is 0. The standard InChI is InChI=1S/C12H15NO3S/c1-12(2,3)9-5-10(13-8-14)7-11(6-9)17(4,15)16/h5-7H,1-4H3. The number of hydrogen-bond donors (Lipinski definition) is 0. The summed E-state index contributed by atoms with van der Waals surface area (Å²) in [6, 6.07) is 4.67. The Morgan fingerprint density at radius 3 is 2.18 bits per heavy atom. The summed E-state index contributed by atoms with van der Waals surface area (Å²) in [4.78, 5) is 13.9. The predicted octanol–water partition coefficient (Wildman–Crippen LogP) is 2.35. The van der Waals surface area contributed by atoms with E-state index in [9.17, 15) is 13.2 Å². The molecule has 0 aromatic heterocycles. The van der Waals surface area contributed by atoms with Gasteiger partial charge in [0.15, 0.2) is 9.84 Å². The molecule has 0 unspecified atom stereocenters. The van der Waals surface area contributed by atoms with Crippen molar-refractivity contribution in [1.82, 2.24) is 0 Å². The normalized spacial score (nSPS) is 12.0. The zero-order valence-electron chi connectivity index (χ0n) is 10.3. The van der Waals surface area contributed by atoms with E-state index < -0.39 is 9.84 Å². The van der Waals surface area contributed by atoms with Crippen LogP contribution in [0.3, 0.4) is 0 Å². The maximum absolute atomic E-state index is 11.5. The highest BCUT2D eigenvalue weighted by Gasteiger charge is 2.18. The molecule has 4 nitrogen and oxygen atoms in total. The monoisotopic (exact) mass is 253 g/mol. The Bertz CT molecular complexity index is 576. The lowest BCUT2D eigenvalue weighted by atomic mass is 9.87. The van der Waals surface area contributed by atoms with Gasteiger partial charge >= 0.3 is 0 Å². The van der Waals surface area contributed by atoms with Crippen molar-refractivity contribution in [3.05, 3.63) is 23.8 Å². The van der Waals surface area contributed by atoms with Gasteiger partial charge in [0.05, 0.1) is 10.6 Å². The molecule has 92 valence electrons. The third-order valence-corrected chi connectivity index (χ3v) is 3.45.